The van der Waals surface area contributed by atoms with Crippen LogP contribution in [-0.4, -0.2) is 25.8 Å². The summed E-state index contributed by atoms with van der Waals surface area (Å²) < 4.78 is 17.2. The van der Waals surface area contributed by atoms with E-state index in [1.54, 1.807) is 6.92 Å². The zero-order valence-electron chi connectivity index (χ0n) is 18.5. The fourth-order valence-electron chi connectivity index (χ4n) is 4.34. The highest BCUT2D eigenvalue weighted by atomic mass is 16.6. The molecule has 0 saturated heterocycles. The Bertz CT molecular complexity index is 961. The van der Waals surface area contributed by atoms with Crippen molar-refractivity contribution < 1.29 is 19.0 Å². The van der Waals surface area contributed by atoms with Gasteiger partial charge >= 0.3 is 5.97 Å². The van der Waals surface area contributed by atoms with Crippen LogP contribution in [0.15, 0.2) is 78.9 Å². The molecule has 0 aliphatic heterocycles. The van der Waals surface area contributed by atoms with E-state index in [0.29, 0.717) is 19.1 Å². The maximum absolute atomic E-state index is 11.7. The molecule has 0 aromatic heterocycles. The highest BCUT2D eigenvalue weighted by Gasteiger charge is 2.24. The first-order valence-corrected chi connectivity index (χ1v) is 11.3. The quantitative estimate of drug-likeness (QED) is 0.418. The lowest BCUT2D eigenvalue weighted by atomic mass is 9.84. The Balaban J connectivity index is 1.41. The van der Waals surface area contributed by atoms with Gasteiger partial charge in [-0.15, -0.1) is 0 Å². The molecule has 0 N–H and O–H groups in total. The number of carbonyl (C=O) groups is 1. The molecule has 1 aliphatic rings. The molecule has 0 fully saturated rings. The van der Waals surface area contributed by atoms with Crippen LogP contribution < -0.4 is 4.74 Å². The van der Waals surface area contributed by atoms with Crippen molar-refractivity contribution in [1.29, 1.82) is 0 Å². The molecular formula is C28H30O4. The van der Waals surface area contributed by atoms with E-state index in [1.807, 2.05) is 24.3 Å². The molecule has 4 heteroatoms. The summed E-state index contributed by atoms with van der Waals surface area (Å²) in [6.07, 6.45) is 2.83. The van der Waals surface area contributed by atoms with Crippen LogP contribution in [-0.2, 0) is 27.1 Å². The summed E-state index contributed by atoms with van der Waals surface area (Å²) in [5.41, 5.74) is 4.83. The predicted molar refractivity (Wildman–Crippen MR) is 125 cm³/mol. The third kappa shape index (κ3) is 5.57. The molecule has 3 aromatic carbocycles. The van der Waals surface area contributed by atoms with Gasteiger partial charge in [0, 0.05) is 0 Å². The third-order valence-corrected chi connectivity index (χ3v) is 5.90. The van der Waals surface area contributed by atoms with Crippen LogP contribution in [0.4, 0.5) is 0 Å². The van der Waals surface area contributed by atoms with Gasteiger partial charge in [-0.05, 0) is 60.4 Å². The van der Waals surface area contributed by atoms with E-state index >= 15 is 0 Å². The van der Waals surface area contributed by atoms with Crippen LogP contribution in [0, 0.1) is 5.92 Å². The second kappa shape index (κ2) is 11.0. The summed E-state index contributed by atoms with van der Waals surface area (Å²) in [4.78, 5) is 11.7. The number of esters is 1. The van der Waals surface area contributed by atoms with Gasteiger partial charge in [-0.25, -0.2) is 4.79 Å². The van der Waals surface area contributed by atoms with Crippen molar-refractivity contribution in [2.24, 2.45) is 5.92 Å². The van der Waals surface area contributed by atoms with Crippen molar-refractivity contribution in [2.45, 2.75) is 32.3 Å². The molecule has 4 rings (SSSR count). The van der Waals surface area contributed by atoms with Crippen LogP contribution in [0.25, 0.3) is 0 Å². The zero-order valence-corrected chi connectivity index (χ0v) is 18.5. The summed E-state index contributed by atoms with van der Waals surface area (Å²) in [6, 6.07) is 26.9. The number of carbonyl (C=O) groups excluding carboxylic acids is 1. The Kier molecular flexibility index (Phi) is 7.57. The summed E-state index contributed by atoms with van der Waals surface area (Å²) in [6.45, 7) is 2.81. The monoisotopic (exact) mass is 430 g/mol. The summed E-state index contributed by atoms with van der Waals surface area (Å²) in [5.74, 6) is 0.902. The lowest BCUT2D eigenvalue weighted by Crippen LogP contribution is -2.22. The molecule has 1 atom stereocenters. The first kappa shape index (κ1) is 22.1. The molecular weight excluding hydrogens is 400 g/mol. The van der Waals surface area contributed by atoms with E-state index in [1.165, 1.54) is 22.3 Å². The number of benzene rings is 3. The second-order valence-electron chi connectivity index (χ2n) is 8.13. The molecule has 0 radical (unpaired) electrons. The molecule has 166 valence electrons. The lowest BCUT2D eigenvalue weighted by molar-refractivity contribution is -0.145. The zero-order chi connectivity index (χ0) is 22.2. The highest BCUT2D eigenvalue weighted by molar-refractivity contribution is 5.71. The minimum Gasteiger partial charge on any atom is -0.482 e. The van der Waals surface area contributed by atoms with Crippen molar-refractivity contribution in [3.8, 4) is 5.75 Å². The predicted octanol–water partition coefficient (Wildman–Crippen LogP) is 5.54. The van der Waals surface area contributed by atoms with Crippen LogP contribution in [0.5, 0.6) is 5.75 Å². The van der Waals surface area contributed by atoms with E-state index in [-0.39, 0.29) is 18.7 Å². The average molecular weight is 431 g/mol. The molecule has 32 heavy (non-hydrogen) atoms. The van der Waals surface area contributed by atoms with Crippen molar-refractivity contribution in [3.05, 3.63) is 101 Å². The van der Waals surface area contributed by atoms with Gasteiger partial charge in [0.1, 0.15) is 11.9 Å². The molecule has 1 unspecified atom stereocenters. The molecule has 3 aromatic rings. The number of rotatable bonds is 9. The van der Waals surface area contributed by atoms with Crippen LogP contribution in [0.3, 0.4) is 0 Å². The maximum Gasteiger partial charge on any atom is 0.344 e. The SMILES string of the molecule is CCOC(=O)COc1cccc2c1CCC(COC(c1ccccc1)c1ccccc1)C2. The topological polar surface area (TPSA) is 44.8 Å². The number of ether oxygens (including phenoxy) is 3. The van der Waals surface area contributed by atoms with Crippen LogP contribution in [0.1, 0.15) is 41.7 Å². The Hall–Kier alpha value is -3.11. The van der Waals surface area contributed by atoms with Crippen LogP contribution >= 0.6 is 0 Å². The summed E-state index contributed by atoms with van der Waals surface area (Å²) in [5, 5.41) is 0. The van der Waals surface area contributed by atoms with Crippen molar-refractivity contribution in [2.75, 3.05) is 19.8 Å². The molecule has 1 aliphatic carbocycles. The van der Waals surface area contributed by atoms with Crippen molar-refractivity contribution in [3.63, 3.8) is 0 Å². The standard InChI is InChI=1S/C28H30O4/c1-2-30-27(29)20-31-26-15-9-14-24-18-21(16-17-25(24)26)19-32-28(22-10-5-3-6-11-22)23-12-7-4-8-13-23/h3-15,21,28H,2,16-20H2,1H3. The molecule has 0 amide bonds. The van der Waals surface area contributed by atoms with Gasteiger partial charge in [0.25, 0.3) is 0 Å². The van der Waals surface area contributed by atoms with E-state index < -0.39 is 0 Å². The van der Waals surface area contributed by atoms with E-state index in [2.05, 4.69) is 54.6 Å². The second-order valence-corrected chi connectivity index (χ2v) is 8.13. The third-order valence-electron chi connectivity index (χ3n) is 5.90. The minimum atomic E-state index is -0.333. The van der Waals surface area contributed by atoms with Gasteiger partial charge in [-0.2, -0.15) is 0 Å². The van der Waals surface area contributed by atoms with Crippen LogP contribution in [0.2, 0.25) is 0 Å². The van der Waals surface area contributed by atoms with Gasteiger partial charge < -0.3 is 14.2 Å². The smallest absolute Gasteiger partial charge is 0.344 e. The van der Waals surface area contributed by atoms with Gasteiger partial charge in [0.05, 0.1) is 13.2 Å². The van der Waals surface area contributed by atoms with Gasteiger partial charge in [0.2, 0.25) is 0 Å². The Morgan fingerprint density at radius 1 is 0.938 bits per heavy atom. The normalized spacial score (nSPS) is 15.2. The van der Waals surface area contributed by atoms with Gasteiger partial charge in [-0.1, -0.05) is 72.8 Å². The lowest BCUT2D eigenvalue weighted by Gasteiger charge is -2.28. The van der Waals surface area contributed by atoms with Crippen molar-refractivity contribution >= 4 is 5.97 Å². The fraction of sp³-hybridized carbons (Fsp3) is 0.321. The first-order valence-electron chi connectivity index (χ1n) is 11.3. The number of hydrogen-bond donors (Lipinski definition) is 0. The van der Waals surface area contributed by atoms with E-state index in [9.17, 15) is 4.79 Å². The number of fused-ring (bicyclic) bond motifs is 1. The summed E-state index contributed by atoms with van der Waals surface area (Å²) >= 11 is 0. The Labute approximate surface area is 190 Å². The molecule has 0 spiro atoms. The minimum absolute atomic E-state index is 0.0489. The fourth-order valence-corrected chi connectivity index (χ4v) is 4.34. The average Bonchev–Trinajstić information content (AvgIpc) is 2.84. The maximum atomic E-state index is 11.7. The Morgan fingerprint density at radius 3 is 2.28 bits per heavy atom. The summed E-state index contributed by atoms with van der Waals surface area (Å²) in [7, 11) is 0. The molecule has 4 nitrogen and oxygen atoms in total. The van der Waals surface area contributed by atoms with Gasteiger partial charge in [0.15, 0.2) is 6.61 Å². The van der Waals surface area contributed by atoms with Crippen molar-refractivity contribution in [1.82, 2.24) is 0 Å². The molecule has 0 heterocycles. The van der Waals surface area contributed by atoms with Gasteiger partial charge in [-0.3, -0.25) is 0 Å². The molecule has 0 bridgehead atoms. The Morgan fingerprint density at radius 2 is 1.62 bits per heavy atom. The highest BCUT2D eigenvalue weighted by Crippen LogP contribution is 2.34. The molecule has 0 saturated carbocycles. The van der Waals surface area contributed by atoms with E-state index in [0.717, 1.165) is 25.0 Å². The largest absolute Gasteiger partial charge is 0.482 e. The first-order chi connectivity index (χ1) is 15.7. The van der Waals surface area contributed by atoms with E-state index in [4.69, 9.17) is 14.2 Å². The number of hydrogen-bond acceptors (Lipinski definition) is 4.